The summed E-state index contributed by atoms with van der Waals surface area (Å²) in [4.78, 5) is 22.3. The molecule has 2 aliphatic rings. The lowest BCUT2D eigenvalue weighted by Crippen LogP contribution is -2.35. The van der Waals surface area contributed by atoms with Gasteiger partial charge in [-0.15, -0.1) is 0 Å². The largest absolute Gasteiger partial charge is 0.339 e. The minimum Gasteiger partial charge on any atom is -0.339 e. The zero-order valence-corrected chi connectivity index (χ0v) is 23.3. The molecule has 0 radical (unpaired) electrons. The summed E-state index contributed by atoms with van der Waals surface area (Å²) in [6, 6.07) is 4.56. The molecule has 1 atom stereocenters. The van der Waals surface area contributed by atoms with Gasteiger partial charge in [0, 0.05) is 44.0 Å². The van der Waals surface area contributed by atoms with Crippen LogP contribution in [0.15, 0.2) is 36.8 Å². The number of hydrogen-bond acceptors (Lipinski definition) is 4. The number of pyridine rings is 1. The third-order valence-corrected chi connectivity index (χ3v) is 8.65. The van der Waals surface area contributed by atoms with Gasteiger partial charge in [-0.05, 0) is 107 Å². The summed E-state index contributed by atoms with van der Waals surface area (Å²) in [7, 11) is 1.77. The first-order valence-electron chi connectivity index (χ1n) is 14.3. The van der Waals surface area contributed by atoms with Crippen LogP contribution in [0.25, 0.3) is 16.6 Å². The van der Waals surface area contributed by atoms with Gasteiger partial charge in [0.2, 0.25) is 0 Å². The number of carbonyl (C=O) groups excluding carboxylic acids is 1. The normalized spacial score (nSPS) is 19.1. The molecule has 1 aromatic carbocycles. The van der Waals surface area contributed by atoms with Gasteiger partial charge in [-0.1, -0.05) is 6.92 Å². The van der Waals surface area contributed by atoms with Crippen LogP contribution < -0.4 is 5.32 Å². The van der Waals surface area contributed by atoms with Crippen molar-refractivity contribution in [3.05, 3.63) is 59.3 Å². The van der Waals surface area contributed by atoms with Gasteiger partial charge in [0.25, 0.3) is 5.91 Å². The number of likely N-dealkylation sites (tertiary alicyclic amines) is 1. The number of aromatic nitrogens is 2. The van der Waals surface area contributed by atoms with E-state index in [2.05, 4.69) is 32.9 Å². The number of aryl methyl sites for hydroxylation is 1. The first-order valence-corrected chi connectivity index (χ1v) is 14.3. The number of piperidine rings is 1. The number of fused-ring (bicyclic) bond motifs is 1. The first kappa shape index (κ1) is 26.8. The summed E-state index contributed by atoms with van der Waals surface area (Å²) >= 11 is 0. The molecule has 4 heterocycles. The standard InChI is InChI=1S/C31H42FN5O/c1-5-24-16-34-17-29-30(24)25(14-23-10-13-36(19-23)18-22-8-11-33-12-9-22)20-37(29)28-7-6-26(32)15-27(28)31(38)35(4)21(2)3/h6-7,15-17,20-23,33H,5,8-14,18-19H2,1-4H3/t23-/m0/s1. The average Bonchev–Trinajstić information content (AvgIpc) is 3.52. The second-order valence-corrected chi connectivity index (χ2v) is 11.6. The fourth-order valence-electron chi connectivity index (χ4n) is 6.26. The highest BCUT2D eigenvalue weighted by Gasteiger charge is 2.28. The van der Waals surface area contributed by atoms with Gasteiger partial charge in [-0.3, -0.25) is 9.78 Å². The fourth-order valence-corrected chi connectivity index (χ4v) is 6.26. The molecule has 38 heavy (non-hydrogen) atoms. The van der Waals surface area contributed by atoms with E-state index in [1.807, 2.05) is 26.2 Å². The van der Waals surface area contributed by atoms with E-state index in [4.69, 9.17) is 0 Å². The third-order valence-electron chi connectivity index (χ3n) is 8.65. The zero-order chi connectivity index (χ0) is 26.8. The molecule has 204 valence electrons. The second kappa shape index (κ2) is 11.5. The smallest absolute Gasteiger partial charge is 0.256 e. The second-order valence-electron chi connectivity index (χ2n) is 11.6. The lowest BCUT2D eigenvalue weighted by Gasteiger charge is -2.27. The van der Waals surface area contributed by atoms with Crippen LogP contribution in [0.4, 0.5) is 4.39 Å². The van der Waals surface area contributed by atoms with Crippen LogP contribution in [0.3, 0.4) is 0 Å². The Hall–Kier alpha value is -2.77. The Morgan fingerprint density at radius 1 is 1.16 bits per heavy atom. The van der Waals surface area contributed by atoms with Gasteiger partial charge >= 0.3 is 0 Å². The van der Waals surface area contributed by atoms with Crippen molar-refractivity contribution in [2.24, 2.45) is 11.8 Å². The van der Waals surface area contributed by atoms with E-state index in [-0.39, 0.29) is 11.9 Å². The minimum atomic E-state index is -0.405. The van der Waals surface area contributed by atoms with E-state index >= 15 is 0 Å². The van der Waals surface area contributed by atoms with Gasteiger partial charge in [0.15, 0.2) is 0 Å². The Kier molecular flexibility index (Phi) is 8.15. The number of nitrogens with one attached hydrogen (secondary N) is 1. The van der Waals surface area contributed by atoms with E-state index in [0.29, 0.717) is 17.2 Å². The van der Waals surface area contributed by atoms with Crippen molar-refractivity contribution in [2.75, 3.05) is 39.8 Å². The molecule has 1 amide bonds. The number of rotatable bonds is 8. The molecule has 2 saturated heterocycles. The predicted molar refractivity (Wildman–Crippen MR) is 151 cm³/mol. The molecule has 0 saturated carbocycles. The van der Waals surface area contributed by atoms with Crippen molar-refractivity contribution in [1.82, 2.24) is 24.7 Å². The Bertz CT molecular complexity index is 1280. The topological polar surface area (TPSA) is 53.4 Å². The van der Waals surface area contributed by atoms with Crippen LogP contribution in [0.2, 0.25) is 0 Å². The average molecular weight is 520 g/mol. The summed E-state index contributed by atoms with van der Waals surface area (Å²) in [5.41, 5.74) is 4.58. The number of amides is 1. The van der Waals surface area contributed by atoms with E-state index in [1.165, 1.54) is 61.0 Å². The van der Waals surface area contributed by atoms with Crippen molar-refractivity contribution >= 4 is 16.8 Å². The quantitative estimate of drug-likeness (QED) is 0.452. The maximum Gasteiger partial charge on any atom is 0.256 e. The molecule has 2 fully saturated rings. The molecule has 0 aliphatic carbocycles. The van der Waals surface area contributed by atoms with Crippen LogP contribution in [-0.2, 0) is 12.8 Å². The number of halogens is 1. The molecule has 3 aromatic rings. The van der Waals surface area contributed by atoms with Gasteiger partial charge < -0.3 is 19.7 Å². The summed E-state index contributed by atoms with van der Waals surface area (Å²) in [6.45, 7) is 11.9. The van der Waals surface area contributed by atoms with Crippen molar-refractivity contribution in [1.29, 1.82) is 0 Å². The summed E-state index contributed by atoms with van der Waals surface area (Å²) in [6.07, 6.45) is 11.7. The van der Waals surface area contributed by atoms with E-state index in [9.17, 15) is 9.18 Å². The van der Waals surface area contributed by atoms with E-state index in [0.717, 1.165) is 43.9 Å². The lowest BCUT2D eigenvalue weighted by atomic mass is 9.96. The molecule has 2 aromatic heterocycles. The summed E-state index contributed by atoms with van der Waals surface area (Å²) in [5, 5.41) is 4.72. The Morgan fingerprint density at radius 2 is 1.95 bits per heavy atom. The molecule has 1 N–H and O–H groups in total. The molecule has 0 bridgehead atoms. The number of nitrogens with zero attached hydrogens (tertiary/aromatic N) is 4. The zero-order valence-electron chi connectivity index (χ0n) is 23.3. The summed E-state index contributed by atoms with van der Waals surface area (Å²) in [5.74, 6) is 0.836. The van der Waals surface area contributed by atoms with Crippen LogP contribution in [0.1, 0.15) is 61.5 Å². The van der Waals surface area contributed by atoms with Crippen LogP contribution in [-0.4, -0.2) is 71.1 Å². The SMILES string of the molecule is CCc1cncc2c1c(C[C@@H]1CCN(CC3CCNCC3)C1)cn2-c1ccc(F)cc1C(=O)N(C)C(C)C. The Morgan fingerprint density at radius 3 is 2.68 bits per heavy atom. The van der Waals surface area contributed by atoms with E-state index in [1.54, 1.807) is 18.0 Å². The molecule has 0 spiro atoms. The van der Waals surface area contributed by atoms with Crippen molar-refractivity contribution in [3.8, 4) is 5.69 Å². The number of carbonyl (C=O) groups is 1. The van der Waals surface area contributed by atoms with Crippen LogP contribution in [0, 0.1) is 17.7 Å². The van der Waals surface area contributed by atoms with Gasteiger partial charge in [-0.25, -0.2) is 4.39 Å². The molecule has 5 rings (SSSR count). The molecular weight excluding hydrogens is 477 g/mol. The Balaban J connectivity index is 1.47. The predicted octanol–water partition coefficient (Wildman–Crippen LogP) is 5.07. The maximum atomic E-state index is 14.4. The molecule has 6 nitrogen and oxygen atoms in total. The van der Waals surface area contributed by atoms with Crippen LogP contribution >= 0.6 is 0 Å². The van der Waals surface area contributed by atoms with Crippen molar-refractivity contribution in [2.45, 2.75) is 58.9 Å². The lowest BCUT2D eigenvalue weighted by molar-refractivity contribution is 0.0754. The monoisotopic (exact) mass is 519 g/mol. The highest BCUT2D eigenvalue weighted by molar-refractivity contribution is 5.99. The minimum absolute atomic E-state index is 0.0131. The maximum absolute atomic E-state index is 14.4. The van der Waals surface area contributed by atoms with Crippen molar-refractivity contribution in [3.63, 3.8) is 0 Å². The molecule has 7 heteroatoms. The fraction of sp³-hybridized carbons (Fsp3) is 0.548. The highest BCUT2D eigenvalue weighted by atomic mass is 19.1. The van der Waals surface area contributed by atoms with Gasteiger partial charge in [0.05, 0.1) is 23.0 Å². The number of benzene rings is 1. The third kappa shape index (κ3) is 5.50. The van der Waals surface area contributed by atoms with Gasteiger partial charge in [-0.2, -0.15) is 0 Å². The highest BCUT2D eigenvalue weighted by Crippen LogP contribution is 2.33. The van der Waals surface area contributed by atoms with Crippen molar-refractivity contribution < 1.29 is 9.18 Å². The number of hydrogen-bond donors (Lipinski definition) is 1. The van der Waals surface area contributed by atoms with Gasteiger partial charge in [0.1, 0.15) is 5.82 Å². The molecule has 0 unspecified atom stereocenters. The molecule has 2 aliphatic heterocycles. The first-order chi connectivity index (χ1) is 18.4. The van der Waals surface area contributed by atoms with Crippen LogP contribution in [0.5, 0.6) is 0 Å². The molecular formula is C31H42FN5O. The summed E-state index contributed by atoms with van der Waals surface area (Å²) < 4.78 is 16.5. The Labute approximate surface area is 226 Å². The van der Waals surface area contributed by atoms with E-state index < -0.39 is 5.82 Å².